The number of nitrogens with one attached hydrogen (secondary N) is 1. The molecule has 2 aliphatic rings. The molecule has 0 aromatic heterocycles. The molecule has 1 spiro atoms. The summed E-state index contributed by atoms with van der Waals surface area (Å²) < 4.78 is 7.77. The van der Waals surface area contributed by atoms with Crippen LogP contribution in [0.15, 0.2) is 48.5 Å². The molecule has 1 atom stereocenters. The monoisotopic (exact) mass is 389 g/mol. The molecule has 4 heteroatoms. The molecule has 2 aromatic rings. The van der Waals surface area contributed by atoms with Crippen molar-refractivity contribution in [2.45, 2.75) is 31.4 Å². The molecule has 0 amide bonds. The van der Waals surface area contributed by atoms with Crippen LogP contribution in [0.1, 0.15) is 37.0 Å². The van der Waals surface area contributed by atoms with E-state index in [4.69, 9.17) is 10.00 Å². The van der Waals surface area contributed by atoms with Gasteiger partial charge in [0.15, 0.2) is 0 Å². The Morgan fingerprint density at radius 3 is 2.59 bits per heavy atom. The van der Waals surface area contributed by atoms with Gasteiger partial charge in [-0.25, -0.2) is 0 Å². The lowest BCUT2D eigenvalue weighted by Crippen LogP contribution is -2.60. The molecule has 29 heavy (non-hydrogen) atoms. The van der Waals surface area contributed by atoms with E-state index in [0.717, 1.165) is 40.9 Å². The van der Waals surface area contributed by atoms with E-state index in [0.29, 0.717) is 0 Å². The summed E-state index contributed by atoms with van der Waals surface area (Å²) in [6, 6.07) is 17.0. The molecule has 0 radical (unpaired) electrons. The Morgan fingerprint density at radius 2 is 1.86 bits per heavy atom. The fraction of sp³-hybridized carbons (Fsp3) is 0.400. The van der Waals surface area contributed by atoms with Crippen LogP contribution in [0.25, 0.3) is 6.08 Å². The van der Waals surface area contributed by atoms with Crippen molar-refractivity contribution in [3.63, 3.8) is 0 Å². The van der Waals surface area contributed by atoms with E-state index >= 15 is 0 Å². The lowest BCUT2D eigenvalue weighted by Gasteiger charge is -2.47. The van der Waals surface area contributed by atoms with Gasteiger partial charge in [0.05, 0.1) is 33.1 Å². The fourth-order valence-corrected chi connectivity index (χ4v) is 4.67. The second kappa shape index (κ2) is 6.64. The van der Waals surface area contributed by atoms with Crippen molar-refractivity contribution in [1.82, 2.24) is 0 Å². The maximum atomic E-state index is 7.41. The summed E-state index contributed by atoms with van der Waals surface area (Å²) in [4.78, 5) is 2.45. The Balaban J connectivity index is 1.77. The van der Waals surface area contributed by atoms with Gasteiger partial charge in [0.1, 0.15) is 11.3 Å². The third-order valence-electron chi connectivity index (χ3n) is 6.28. The summed E-state index contributed by atoms with van der Waals surface area (Å²) in [7, 11) is 6.72. The van der Waals surface area contributed by atoms with Crippen LogP contribution < -0.4 is 14.9 Å². The SMILES string of the molecule is CC1(C)c2ccccc2N(CCC[N+](C)(C)C)C12C=Cc1cc(C#[NH+])ccc1O2. The van der Waals surface area contributed by atoms with E-state index in [1.165, 1.54) is 11.3 Å². The molecular weight excluding hydrogens is 358 g/mol. The van der Waals surface area contributed by atoms with Gasteiger partial charge in [-0.2, -0.15) is 0 Å². The first-order valence-corrected chi connectivity index (χ1v) is 10.3. The van der Waals surface area contributed by atoms with Crippen LogP contribution in [0.5, 0.6) is 5.75 Å². The lowest BCUT2D eigenvalue weighted by molar-refractivity contribution is -0.870. The van der Waals surface area contributed by atoms with E-state index in [9.17, 15) is 0 Å². The molecule has 150 valence electrons. The highest BCUT2D eigenvalue weighted by Crippen LogP contribution is 2.54. The molecule has 1 unspecified atom stereocenters. The minimum atomic E-state index is -0.565. The number of hydrogen-bond donors (Lipinski definition) is 1. The van der Waals surface area contributed by atoms with Gasteiger partial charge in [-0.1, -0.05) is 23.5 Å². The number of para-hydroxylation sites is 1. The number of rotatable bonds is 4. The van der Waals surface area contributed by atoms with Gasteiger partial charge in [0.2, 0.25) is 5.72 Å². The number of anilines is 1. The summed E-state index contributed by atoms with van der Waals surface area (Å²) in [5, 5.41) is 7.41. The molecule has 0 saturated carbocycles. The number of benzene rings is 2. The largest absolute Gasteiger partial charge is 0.463 e. The Hall–Kier alpha value is -2.77. The van der Waals surface area contributed by atoms with Crippen molar-refractivity contribution in [3.05, 3.63) is 65.2 Å². The van der Waals surface area contributed by atoms with Gasteiger partial charge < -0.3 is 14.1 Å². The van der Waals surface area contributed by atoms with Gasteiger partial charge in [-0.3, -0.25) is 0 Å². The van der Waals surface area contributed by atoms with Crippen LogP contribution in [0.3, 0.4) is 0 Å². The predicted octanol–water partition coefficient (Wildman–Crippen LogP) is 2.80. The zero-order valence-electron chi connectivity index (χ0n) is 18.1. The van der Waals surface area contributed by atoms with Gasteiger partial charge in [-0.15, -0.1) is 0 Å². The van der Waals surface area contributed by atoms with Crippen LogP contribution in [-0.2, 0) is 5.41 Å². The molecule has 1 N–H and O–H groups in total. The summed E-state index contributed by atoms with van der Waals surface area (Å²) in [6.45, 7) is 6.59. The third kappa shape index (κ3) is 3.10. The minimum absolute atomic E-state index is 0.208. The van der Waals surface area contributed by atoms with Crippen LogP contribution >= 0.6 is 0 Å². The lowest BCUT2D eigenvalue weighted by atomic mass is 9.76. The number of ether oxygens (including phenoxy) is 1. The summed E-state index contributed by atoms with van der Waals surface area (Å²) in [5.74, 6) is 0.865. The van der Waals surface area contributed by atoms with Crippen molar-refractivity contribution in [2.75, 3.05) is 39.1 Å². The molecular formula is C25H31N3O+2. The number of hydrogen-bond acceptors (Lipinski definition) is 2. The Kier molecular flexibility index (Phi) is 4.47. The second-order valence-electron chi connectivity index (χ2n) is 9.67. The minimum Gasteiger partial charge on any atom is -0.463 e. The van der Waals surface area contributed by atoms with Crippen molar-refractivity contribution in [3.8, 4) is 11.8 Å². The van der Waals surface area contributed by atoms with Crippen LogP contribution in [0, 0.1) is 6.07 Å². The zero-order valence-corrected chi connectivity index (χ0v) is 18.1. The van der Waals surface area contributed by atoms with E-state index in [2.05, 4.69) is 82.4 Å². The van der Waals surface area contributed by atoms with Crippen molar-refractivity contribution < 1.29 is 14.5 Å². The molecule has 0 fully saturated rings. The predicted molar refractivity (Wildman–Crippen MR) is 117 cm³/mol. The topological polar surface area (TPSA) is 36.3 Å². The Labute approximate surface area is 174 Å². The summed E-state index contributed by atoms with van der Waals surface area (Å²) in [6.07, 6.45) is 5.45. The van der Waals surface area contributed by atoms with Crippen LogP contribution in [0.2, 0.25) is 0 Å². The highest BCUT2D eigenvalue weighted by atomic mass is 16.5. The third-order valence-corrected chi connectivity index (χ3v) is 6.28. The number of quaternary nitrogens is 1. The first-order chi connectivity index (χ1) is 13.7. The number of fused-ring (bicyclic) bond motifs is 2. The fourth-order valence-electron chi connectivity index (χ4n) is 4.67. The van der Waals surface area contributed by atoms with Gasteiger partial charge >= 0.3 is 6.07 Å². The normalized spacial score (nSPS) is 21.4. The van der Waals surface area contributed by atoms with Crippen molar-refractivity contribution in [2.24, 2.45) is 0 Å². The van der Waals surface area contributed by atoms with Gasteiger partial charge in [0, 0.05) is 24.2 Å². The highest BCUT2D eigenvalue weighted by molar-refractivity contribution is 5.72. The van der Waals surface area contributed by atoms with Crippen molar-refractivity contribution in [1.29, 1.82) is 0 Å². The average Bonchev–Trinajstić information content (AvgIpc) is 2.85. The highest BCUT2D eigenvalue weighted by Gasteiger charge is 2.58. The molecule has 2 aliphatic heterocycles. The van der Waals surface area contributed by atoms with Gasteiger partial charge in [-0.05, 0) is 55.8 Å². The number of nitrogens with zero attached hydrogens (tertiary/aromatic N) is 2. The van der Waals surface area contributed by atoms with E-state index < -0.39 is 5.72 Å². The molecule has 0 aliphatic carbocycles. The first-order valence-electron chi connectivity index (χ1n) is 10.3. The van der Waals surface area contributed by atoms with Gasteiger partial charge in [0.25, 0.3) is 0 Å². The Bertz CT molecular complexity index is 1010. The summed E-state index contributed by atoms with van der Waals surface area (Å²) >= 11 is 0. The zero-order chi connectivity index (χ0) is 20.9. The molecule has 2 heterocycles. The first kappa shape index (κ1) is 19.5. The maximum Gasteiger partial charge on any atom is 0.308 e. The Morgan fingerprint density at radius 1 is 1.10 bits per heavy atom. The quantitative estimate of drug-likeness (QED) is 0.817. The standard InChI is InChI=1S/C25H30N3O/c1-24(2)21-9-6-7-10-22(21)27(15-8-16-28(3,4)5)25(24)14-13-20-17-19(18-26)11-12-23(20)29-25/h6-7,9-14,17H,8,15-16H2,1-5H3/q+1/p+1. The molecule has 0 bridgehead atoms. The molecule has 4 rings (SSSR count). The smallest absolute Gasteiger partial charge is 0.308 e. The van der Waals surface area contributed by atoms with Crippen LogP contribution in [0.4, 0.5) is 5.69 Å². The van der Waals surface area contributed by atoms with E-state index in [1.807, 2.05) is 18.2 Å². The van der Waals surface area contributed by atoms with E-state index in [-0.39, 0.29) is 5.41 Å². The molecule has 4 nitrogen and oxygen atoms in total. The molecule has 0 saturated heterocycles. The second-order valence-corrected chi connectivity index (χ2v) is 9.67. The van der Waals surface area contributed by atoms with Crippen molar-refractivity contribution >= 4 is 11.8 Å². The molecule has 2 aromatic carbocycles. The maximum absolute atomic E-state index is 7.41. The average molecular weight is 390 g/mol. The van der Waals surface area contributed by atoms with Crippen LogP contribution in [-0.4, -0.2) is 44.4 Å². The van der Waals surface area contributed by atoms with E-state index in [1.54, 1.807) is 0 Å². The summed E-state index contributed by atoms with van der Waals surface area (Å²) in [5.41, 5.74) is 3.58.